The molecule has 0 radical (unpaired) electrons. The van der Waals surface area contributed by atoms with Crippen LogP contribution in [0.3, 0.4) is 0 Å². The minimum Gasteiger partial charge on any atom is -0.338 e. The van der Waals surface area contributed by atoms with Crippen LogP contribution in [0.1, 0.15) is 30.4 Å². The zero-order valence-electron chi connectivity index (χ0n) is 12.0. The molecule has 1 amide bonds. The maximum absolute atomic E-state index is 12.7. The van der Waals surface area contributed by atoms with Gasteiger partial charge in [0.2, 0.25) is 5.91 Å². The number of halogens is 1. The number of carbonyl (C=O) groups excluding carboxylic acids is 1. The number of nitrogens with one attached hydrogen (secondary N) is 1. The molecule has 2 aliphatic rings. The number of hydrogen-bond acceptors (Lipinski definition) is 2. The van der Waals surface area contributed by atoms with Crippen molar-refractivity contribution in [1.82, 2.24) is 10.2 Å². The van der Waals surface area contributed by atoms with E-state index in [0.717, 1.165) is 45.4 Å². The second-order valence-corrected chi connectivity index (χ2v) is 6.03. The number of carbonyl (C=O) groups is 1. The van der Waals surface area contributed by atoms with Gasteiger partial charge in [-0.15, -0.1) is 12.4 Å². The number of nitrogens with zero attached hydrogens (tertiary/aromatic N) is 1. The Kier molecular flexibility index (Phi) is 4.71. The zero-order valence-corrected chi connectivity index (χ0v) is 12.8. The second kappa shape index (κ2) is 6.15. The first kappa shape index (κ1) is 15.3. The van der Waals surface area contributed by atoms with E-state index in [1.54, 1.807) is 0 Å². The highest BCUT2D eigenvalue weighted by atomic mass is 35.5. The Morgan fingerprint density at radius 1 is 1.35 bits per heavy atom. The Bertz CT molecular complexity index is 483. The van der Waals surface area contributed by atoms with Crippen LogP contribution in [0.4, 0.5) is 0 Å². The average molecular weight is 295 g/mol. The van der Waals surface area contributed by atoms with Gasteiger partial charge in [-0.1, -0.05) is 29.8 Å². The van der Waals surface area contributed by atoms with Gasteiger partial charge in [0, 0.05) is 19.6 Å². The van der Waals surface area contributed by atoms with Crippen LogP contribution in [-0.4, -0.2) is 30.4 Å². The van der Waals surface area contributed by atoms with Gasteiger partial charge in [-0.25, -0.2) is 0 Å². The number of piperidine rings is 1. The molecule has 2 aliphatic heterocycles. The molecule has 0 aliphatic carbocycles. The van der Waals surface area contributed by atoms with Gasteiger partial charge in [-0.2, -0.15) is 0 Å². The standard InChI is InChI=1S/C16H22N2O.ClH/c1-13-4-2-5-14(10-13)11-18-9-7-16(15(18)19)6-3-8-17-12-16;/h2,4-5,10,17H,3,6-9,11-12H2,1H3;1H. The third-order valence-electron chi connectivity index (χ3n) is 4.53. The highest BCUT2D eigenvalue weighted by Gasteiger charge is 2.46. The van der Waals surface area contributed by atoms with Crippen LogP contribution in [0.25, 0.3) is 0 Å². The summed E-state index contributed by atoms with van der Waals surface area (Å²) in [6.45, 7) is 5.71. The predicted molar refractivity (Wildman–Crippen MR) is 83.0 cm³/mol. The molecule has 20 heavy (non-hydrogen) atoms. The first-order valence-electron chi connectivity index (χ1n) is 7.25. The van der Waals surface area contributed by atoms with E-state index in [4.69, 9.17) is 0 Å². The van der Waals surface area contributed by atoms with E-state index in [0.29, 0.717) is 5.91 Å². The SMILES string of the molecule is Cc1cccc(CN2CCC3(CCCNC3)C2=O)c1.Cl. The van der Waals surface area contributed by atoms with Crippen LogP contribution in [0, 0.1) is 12.3 Å². The Morgan fingerprint density at radius 2 is 2.20 bits per heavy atom. The molecule has 0 aromatic heterocycles. The van der Waals surface area contributed by atoms with Gasteiger partial charge in [0.1, 0.15) is 0 Å². The summed E-state index contributed by atoms with van der Waals surface area (Å²) in [6.07, 6.45) is 3.21. The first-order chi connectivity index (χ1) is 9.20. The summed E-state index contributed by atoms with van der Waals surface area (Å²) in [5, 5.41) is 3.39. The normalized spacial score (nSPS) is 25.9. The highest BCUT2D eigenvalue weighted by Crippen LogP contribution is 2.38. The van der Waals surface area contributed by atoms with E-state index >= 15 is 0 Å². The van der Waals surface area contributed by atoms with E-state index in [1.807, 2.05) is 4.90 Å². The fourth-order valence-corrected chi connectivity index (χ4v) is 3.44. The number of benzene rings is 1. The van der Waals surface area contributed by atoms with Crippen LogP contribution in [-0.2, 0) is 11.3 Å². The summed E-state index contributed by atoms with van der Waals surface area (Å²) in [7, 11) is 0. The molecule has 3 nitrogen and oxygen atoms in total. The maximum Gasteiger partial charge on any atom is 0.230 e. The summed E-state index contributed by atoms with van der Waals surface area (Å²) >= 11 is 0. The number of hydrogen-bond donors (Lipinski definition) is 1. The van der Waals surface area contributed by atoms with Crippen molar-refractivity contribution in [1.29, 1.82) is 0 Å². The van der Waals surface area contributed by atoms with Crippen molar-refractivity contribution in [2.75, 3.05) is 19.6 Å². The predicted octanol–water partition coefficient (Wildman–Crippen LogP) is 2.52. The van der Waals surface area contributed by atoms with Crippen molar-refractivity contribution < 1.29 is 4.79 Å². The van der Waals surface area contributed by atoms with Gasteiger partial charge in [0.25, 0.3) is 0 Å². The Labute approximate surface area is 127 Å². The summed E-state index contributed by atoms with van der Waals surface area (Å²) in [6, 6.07) is 8.47. The molecule has 2 saturated heterocycles. The second-order valence-electron chi connectivity index (χ2n) is 6.03. The summed E-state index contributed by atoms with van der Waals surface area (Å²) in [4.78, 5) is 14.7. The lowest BCUT2D eigenvalue weighted by Gasteiger charge is -2.32. The van der Waals surface area contributed by atoms with Gasteiger partial charge >= 0.3 is 0 Å². The Morgan fingerprint density at radius 3 is 2.90 bits per heavy atom. The molecule has 3 rings (SSSR count). The fraction of sp³-hybridized carbons (Fsp3) is 0.562. The molecular weight excluding hydrogens is 272 g/mol. The van der Waals surface area contributed by atoms with Crippen molar-refractivity contribution >= 4 is 18.3 Å². The van der Waals surface area contributed by atoms with Crippen LogP contribution in [0.2, 0.25) is 0 Å². The van der Waals surface area contributed by atoms with Crippen LogP contribution in [0.5, 0.6) is 0 Å². The van der Waals surface area contributed by atoms with Gasteiger partial charge in [0.05, 0.1) is 5.41 Å². The minimum absolute atomic E-state index is 0. The first-order valence-corrected chi connectivity index (χ1v) is 7.25. The van der Waals surface area contributed by atoms with E-state index in [2.05, 4.69) is 36.5 Å². The number of likely N-dealkylation sites (tertiary alicyclic amines) is 1. The van der Waals surface area contributed by atoms with Crippen molar-refractivity contribution in [3.8, 4) is 0 Å². The Hall–Kier alpha value is -1.06. The van der Waals surface area contributed by atoms with Crippen molar-refractivity contribution in [2.24, 2.45) is 5.41 Å². The van der Waals surface area contributed by atoms with Crippen molar-refractivity contribution in [3.05, 3.63) is 35.4 Å². The largest absolute Gasteiger partial charge is 0.338 e. The molecule has 1 atom stereocenters. The lowest BCUT2D eigenvalue weighted by Crippen LogP contribution is -2.45. The minimum atomic E-state index is -0.0952. The fourth-order valence-electron chi connectivity index (χ4n) is 3.44. The molecule has 1 aromatic carbocycles. The number of aryl methyl sites for hydroxylation is 1. The Balaban J connectivity index is 0.00000147. The number of rotatable bonds is 2. The van der Waals surface area contributed by atoms with E-state index < -0.39 is 0 Å². The summed E-state index contributed by atoms with van der Waals surface area (Å²) in [5.41, 5.74) is 2.41. The molecule has 0 bridgehead atoms. The molecular formula is C16H23ClN2O. The van der Waals surface area contributed by atoms with Crippen molar-refractivity contribution in [3.63, 3.8) is 0 Å². The molecule has 1 spiro atoms. The topological polar surface area (TPSA) is 32.3 Å². The molecule has 1 N–H and O–H groups in total. The average Bonchev–Trinajstić information content (AvgIpc) is 2.70. The van der Waals surface area contributed by atoms with Gasteiger partial charge < -0.3 is 10.2 Å². The lowest BCUT2D eigenvalue weighted by atomic mass is 9.79. The quantitative estimate of drug-likeness (QED) is 0.909. The molecule has 4 heteroatoms. The summed E-state index contributed by atoms with van der Waals surface area (Å²) in [5.74, 6) is 0.362. The monoisotopic (exact) mass is 294 g/mol. The van der Waals surface area contributed by atoms with Gasteiger partial charge in [-0.3, -0.25) is 4.79 Å². The van der Waals surface area contributed by atoms with E-state index in [9.17, 15) is 4.79 Å². The molecule has 0 saturated carbocycles. The molecule has 110 valence electrons. The van der Waals surface area contributed by atoms with E-state index in [-0.39, 0.29) is 17.8 Å². The van der Waals surface area contributed by atoms with Gasteiger partial charge in [-0.05, 0) is 38.3 Å². The number of amides is 1. The van der Waals surface area contributed by atoms with Crippen molar-refractivity contribution in [2.45, 2.75) is 32.7 Å². The van der Waals surface area contributed by atoms with E-state index in [1.165, 1.54) is 11.1 Å². The molecule has 1 aromatic rings. The van der Waals surface area contributed by atoms with Crippen LogP contribution in [0.15, 0.2) is 24.3 Å². The molecule has 2 fully saturated rings. The molecule has 1 unspecified atom stereocenters. The highest BCUT2D eigenvalue weighted by molar-refractivity contribution is 5.85. The van der Waals surface area contributed by atoms with Crippen LogP contribution < -0.4 is 5.32 Å². The third-order valence-corrected chi connectivity index (χ3v) is 4.53. The lowest BCUT2D eigenvalue weighted by molar-refractivity contribution is -0.137. The third kappa shape index (κ3) is 2.84. The maximum atomic E-state index is 12.7. The zero-order chi connectivity index (χ0) is 13.3. The van der Waals surface area contributed by atoms with Gasteiger partial charge in [0.15, 0.2) is 0 Å². The summed E-state index contributed by atoms with van der Waals surface area (Å²) < 4.78 is 0. The molecule has 2 heterocycles. The van der Waals surface area contributed by atoms with Crippen LogP contribution >= 0.6 is 12.4 Å². The smallest absolute Gasteiger partial charge is 0.230 e.